The number of rotatable bonds is 6. The molecule has 0 spiro atoms. The van der Waals surface area contributed by atoms with Crippen molar-refractivity contribution in [1.29, 1.82) is 5.26 Å². The van der Waals surface area contributed by atoms with Gasteiger partial charge in [0.1, 0.15) is 6.07 Å². The fourth-order valence-electron chi connectivity index (χ4n) is 3.35. The minimum Gasteiger partial charge on any atom is -0.343 e. The molecule has 3 aromatic carbocycles. The number of benzene rings is 3. The Labute approximate surface area is 175 Å². The van der Waals surface area contributed by atoms with Crippen molar-refractivity contribution in [2.45, 2.75) is 11.6 Å². The van der Waals surface area contributed by atoms with Gasteiger partial charge in [-0.3, -0.25) is 0 Å². The van der Waals surface area contributed by atoms with Crippen molar-refractivity contribution < 1.29 is 8.42 Å². The molecule has 0 bridgehead atoms. The van der Waals surface area contributed by atoms with E-state index in [1.165, 1.54) is 0 Å². The van der Waals surface area contributed by atoms with Crippen LogP contribution in [0.4, 0.5) is 0 Å². The van der Waals surface area contributed by atoms with E-state index in [0.29, 0.717) is 11.3 Å². The Morgan fingerprint density at radius 2 is 1.33 bits per heavy atom. The molecule has 0 aliphatic carbocycles. The highest BCUT2D eigenvalue weighted by atomic mass is 32.2. The van der Waals surface area contributed by atoms with Crippen molar-refractivity contribution >= 4 is 10.0 Å². The number of nitrogens with one attached hydrogen (secondary N) is 2. The predicted molar refractivity (Wildman–Crippen MR) is 117 cm³/mol. The van der Waals surface area contributed by atoms with Gasteiger partial charge in [-0.25, -0.2) is 13.1 Å². The second kappa shape index (κ2) is 8.37. The predicted octanol–water partition coefficient (Wildman–Crippen LogP) is 4.70. The summed E-state index contributed by atoms with van der Waals surface area (Å²) >= 11 is 0. The maximum Gasteiger partial charge on any atom is 0.257 e. The van der Waals surface area contributed by atoms with E-state index < -0.39 is 10.0 Å². The van der Waals surface area contributed by atoms with Crippen LogP contribution >= 0.6 is 0 Å². The largest absolute Gasteiger partial charge is 0.343 e. The molecular formula is C24H19N3O2S. The Morgan fingerprint density at radius 1 is 0.800 bits per heavy atom. The Balaban J connectivity index is 1.84. The number of H-pyrrole nitrogens is 1. The molecule has 1 heterocycles. The number of aromatic amines is 1. The maximum atomic E-state index is 13.1. The Bertz CT molecular complexity index is 1290. The number of nitriles is 1. The fraction of sp³-hybridized carbons (Fsp3) is 0.0417. The van der Waals surface area contributed by atoms with Gasteiger partial charge in [-0.15, -0.1) is 0 Å². The van der Waals surface area contributed by atoms with Gasteiger partial charge in [-0.2, -0.15) is 5.26 Å². The van der Waals surface area contributed by atoms with Crippen LogP contribution < -0.4 is 4.72 Å². The van der Waals surface area contributed by atoms with Gasteiger partial charge in [0.05, 0.1) is 11.3 Å². The van der Waals surface area contributed by atoms with Crippen molar-refractivity contribution in [3.8, 4) is 28.5 Å². The maximum absolute atomic E-state index is 13.1. The lowest BCUT2D eigenvalue weighted by molar-refractivity contribution is 0.578. The first kappa shape index (κ1) is 19.6. The standard InChI is InChI=1S/C24H19N3O2S/c25-16-21-22(19-12-6-2-7-13-19)23(20-14-8-3-9-15-20)27-24(21)30(28,29)26-17-18-10-4-1-5-11-18/h1-15,26-27H,17H2. The van der Waals surface area contributed by atoms with Gasteiger partial charge < -0.3 is 4.98 Å². The summed E-state index contributed by atoms with van der Waals surface area (Å²) in [4.78, 5) is 3.02. The second-order valence-corrected chi connectivity index (χ2v) is 8.44. The molecule has 0 atom stereocenters. The van der Waals surface area contributed by atoms with Gasteiger partial charge in [0, 0.05) is 12.1 Å². The highest BCUT2D eigenvalue weighted by molar-refractivity contribution is 7.89. The van der Waals surface area contributed by atoms with E-state index in [2.05, 4.69) is 15.8 Å². The van der Waals surface area contributed by atoms with Crippen LogP contribution in [0.25, 0.3) is 22.4 Å². The highest BCUT2D eigenvalue weighted by Crippen LogP contribution is 2.37. The molecule has 0 aliphatic heterocycles. The van der Waals surface area contributed by atoms with Crippen molar-refractivity contribution in [1.82, 2.24) is 9.71 Å². The molecule has 1 aromatic heterocycles. The topological polar surface area (TPSA) is 85.8 Å². The SMILES string of the molecule is N#Cc1c(S(=O)(=O)NCc2ccccc2)[nH]c(-c2ccccc2)c1-c1ccccc1. The fourth-order valence-corrected chi connectivity index (χ4v) is 4.50. The number of hydrogen-bond acceptors (Lipinski definition) is 3. The van der Waals surface area contributed by atoms with E-state index >= 15 is 0 Å². The van der Waals surface area contributed by atoms with E-state index in [4.69, 9.17) is 0 Å². The molecular weight excluding hydrogens is 394 g/mol. The Kier molecular flexibility index (Phi) is 5.48. The lowest BCUT2D eigenvalue weighted by Crippen LogP contribution is -2.24. The quantitative estimate of drug-likeness (QED) is 0.480. The first-order valence-corrected chi connectivity index (χ1v) is 10.9. The third-order valence-corrected chi connectivity index (χ3v) is 6.15. The van der Waals surface area contributed by atoms with Crippen molar-refractivity contribution in [3.63, 3.8) is 0 Å². The third kappa shape index (κ3) is 3.90. The molecule has 5 nitrogen and oxygen atoms in total. The van der Waals surface area contributed by atoms with Gasteiger partial charge in [-0.05, 0) is 16.7 Å². The molecule has 2 N–H and O–H groups in total. The van der Waals surface area contributed by atoms with Crippen LogP contribution in [0.1, 0.15) is 11.1 Å². The summed E-state index contributed by atoms with van der Waals surface area (Å²) in [6.07, 6.45) is 0. The smallest absolute Gasteiger partial charge is 0.257 e. The second-order valence-electron chi connectivity index (χ2n) is 6.73. The summed E-state index contributed by atoms with van der Waals surface area (Å²) in [6, 6.07) is 30.1. The van der Waals surface area contributed by atoms with Crippen molar-refractivity contribution in [3.05, 3.63) is 102 Å². The molecule has 0 radical (unpaired) electrons. The molecule has 0 fully saturated rings. The molecule has 30 heavy (non-hydrogen) atoms. The van der Waals surface area contributed by atoms with Crippen LogP contribution in [0.5, 0.6) is 0 Å². The average molecular weight is 414 g/mol. The van der Waals surface area contributed by atoms with Crippen LogP contribution in [-0.2, 0) is 16.6 Å². The first-order valence-electron chi connectivity index (χ1n) is 9.40. The summed E-state index contributed by atoms with van der Waals surface area (Å²) in [7, 11) is -3.95. The Hall–Kier alpha value is -3.66. The van der Waals surface area contributed by atoms with Crippen LogP contribution in [0.3, 0.4) is 0 Å². The zero-order valence-corrected chi connectivity index (χ0v) is 16.9. The summed E-state index contributed by atoms with van der Waals surface area (Å²) in [5.74, 6) is 0. The highest BCUT2D eigenvalue weighted by Gasteiger charge is 2.28. The summed E-state index contributed by atoms with van der Waals surface area (Å²) < 4.78 is 28.8. The third-order valence-electron chi connectivity index (χ3n) is 4.78. The molecule has 4 rings (SSSR count). The van der Waals surface area contributed by atoms with Crippen LogP contribution in [-0.4, -0.2) is 13.4 Å². The van der Waals surface area contributed by atoms with Crippen molar-refractivity contribution in [2.75, 3.05) is 0 Å². The molecule has 6 heteroatoms. The van der Waals surface area contributed by atoms with Crippen LogP contribution in [0.2, 0.25) is 0 Å². The number of aromatic nitrogens is 1. The van der Waals surface area contributed by atoms with E-state index in [9.17, 15) is 13.7 Å². The summed E-state index contributed by atoms with van der Waals surface area (Å²) in [5.41, 5.74) is 3.67. The van der Waals surface area contributed by atoms with Crippen molar-refractivity contribution in [2.24, 2.45) is 0 Å². The molecule has 0 unspecified atom stereocenters. The number of nitrogens with zero attached hydrogens (tertiary/aromatic N) is 1. The lowest BCUT2D eigenvalue weighted by atomic mass is 9.98. The van der Waals surface area contributed by atoms with E-state index in [1.54, 1.807) is 0 Å². The summed E-state index contributed by atoms with van der Waals surface area (Å²) in [6.45, 7) is 0.133. The minimum absolute atomic E-state index is 0.0978. The average Bonchev–Trinajstić information content (AvgIpc) is 3.20. The summed E-state index contributed by atoms with van der Waals surface area (Å²) in [5, 5.41) is 9.78. The molecule has 0 amide bonds. The Morgan fingerprint density at radius 3 is 1.90 bits per heavy atom. The zero-order chi connectivity index (χ0) is 21.0. The molecule has 0 aliphatic rings. The van der Waals surface area contributed by atoms with Crippen LogP contribution in [0, 0.1) is 11.3 Å². The van der Waals surface area contributed by atoms with E-state index in [0.717, 1.165) is 16.7 Å². The molecule has 0 saturated heterocycles. The van der Waals surface area contributed by atoms with Gasteiger partial charge >= 0.3 is 0 Å². The molecule has 0 saturated carbocycles. The molecule has 4 aromatic rings. The van der Waals surface area contributed by atoms with Gasteiger partial charge in [-0.1, -0.05) is 91.0 Å². The van der Waals surface area contributed by atoms with Gasteiger partial charge in [0.15, 0.2) is 5.03 Å². The normalized spacial score (nSPS) is 11.2. The van der Waals surface area contributed by atoms with E-state index in [-0.39, 0.29) is 17.1 Å². The minimum atomic E-state index is -3.95. The number of hydrogen-bond donors (Lipinski definition) is 2. The lowest BCUT2D eigenvalue weighted by Gasteiger charge is -2.06. The van der Waals surface area contributed by atoms with Crippen LogP contribution in [0.15, 0.2) is 96.0 Å². The van der Waals surface area contributed by atoms with Gasteiger partial charge in [0.2, 0.25) is 0 Å². The monoisotopic (exact) mass is 413 g/mol. The first-order chi connectivity index (χ1) is 14.6. The number of sulfonamides is 1. The zero-order valence-electron chi connectivity index (χ0n) is 16.0. The van der Waals surface area contributed by atoms with E-state index in [1.807, 2.05) is 91.0 Å². The molecule has 148 valence electrons. The van der Waals surface area contributed by atoms with Gasteiger partial charge in [0.25, 0.3) is 10.0 Å².